The topological polar surface area (TPSA) is 112 Å². The first-order chi connectivity index (χ1) is 11.7. The SMILES string of the molecule is O=C(/C=C\C(=O)OOCCCCCCO)OOCCCCCCO. The lowest BCUT2D eigenvalue weighted by Crippen LogP contribution is -2.07. The number of rotatable bonds is 16. The average Bonchev–Trinajstić information content (AvgIpc) is 2.58. The predicted octanol–water partition coefficient (Wildman–Crippen LogP) is 1.60. The van der Waals surface area contributed by atoms with E-state index in [1.807, 2.05) is 0 Å². The van der Waals surface area contributed by atoms with E-state index in [9.17, 15) is 9.59 Å². The zero-order valence-electron chi connectivity index (χ0n) is 14.0. The fourth-order valence-corrected chi connectivity index (χ4v) is 1.64. The molecule has 8 heteroatoms. The Kier molecular flexibility index (Phi) is 16.8. The third-order valence-electron chi connectivity index (χ3n) is 2.91. The molecule has 0 aromatic rings. The van der Waals surface area contributed by atoms with E-state index >= 15 is 0 Å². The molecule has 0 amide bonds. The van der Waals surface area contributed by atoms with E-state index in [0.29, 0.717) is 12.8 Å². The molecule has 8 nitrogen and oxygen atoms in total. The summed E-state index contributed by atoms with van der Waals surface area (Å²) in [5, 5.41) is 17.2. The maximum Gasteiger partial charge on any atom is 0.366 e. The molecule has 2 N–H and O–H groups in total. The minimum Gasteiger partial charge on any atom is -0.396 e. The third kappa shape index (κ3) is 16.9. The molecule has 0 heterocycles. The zero-order valence-corrected chi connectivity index (χ0v) is 14.0. The highest BCUT2D eigenvalue weighted by molar-refractivity contribution is 5.91. The van der Waals surface area contributed by atoms with Crippen molar-refractivity contribution in [2.24, 2.45) is 0 Å². The monoisotopic (exact) mass is 348 g/mol. The van der Waals surface area contributed by atoms with Gasteiger partial charge in [0.2, 0.25) is 0 Å². The summed E-state index contributed by atoms with van der Waals surface area (Å²) in [6.07, 6.45) is 8.22. The van der Waals surface area contributed by atoms with Crippen LogP contribution in [0.5, 0.6) is 0 Å². The van der Waals surface area contributed by atoms with Gasteiger partial charge in [-0.05, 0) is 25.7 Å². The van der Waals surface area contributed by atoms with Gasteiger partial charge in [-0.1, -0.05) is 25.7 Å². The van der Waals surface area contributed by atoms with Crippen LogP contribution in [0.2, 0.25) is 0 Å². The lowest BCUT2D eigenvalue weighted by Gasteiger charge is -2.02. The summed E-state index contributed by atoms with van der Waals surface area (Å²) in [5.74, 6) is -1.63. The first kappa shape index (κ1) is 22.5. The molecule has 0 aliphatic heterocycles. The summed E-state index contributed by atoms with van der Waals surface area (Å²) in [4.78, 5) is 40.7. The summed E-state index contributed by atoms with van der Waals surface area (Å²) in [7, 11) is 0. The van der Waals surface area contributed by atoms with Gasteiger partial charge in [-0.3, -0.25) is 9.78 Å². The molecule has 0 bridgehead atoms. The number of aliphatic hydroxyl groups excluding tert-OH is 2. The molecule has 0 rings (SSSR count). The van der Waals surface area contributed by atoms with Crippen LogP contribution in [0.3, 0.4) is 0 Å². The second kappa shape index (κ2) is 17.9. The molecule has 0 aliphatic rings. The van der Waals surface area contributed by atoms with Crippen LogP contribution in [0, 0.1) is 0 Å². The minimum absolute atomic E-state index is 0.171. The van der Waals surface area contributed by atoms with Crippen LogP contribution in [-0.4, -0.2) is 48.6 Å². The van der Waals surface area contributed by atoms with E-state index in [1.165, 1.54) is 0 Å². The summed E-state index contributed by atoms with van der Waals surface area (Å²) in [6, 6.07) is 0. The largest absolute Gasteiger partial charge is 0.396 e. The Morgan fingerprint density at radius 3 is 1.38 bits per heavy atom. The Hall–Kier alpha value is -1.48. The van der Waals surface area contributed by atoms with Crippen molar-refractivity contribution in [1.82, 2.24) is 0 Å². The summed E-state index contributed by atoms with van der Waals surface area (Å²) in [6.45, 7) is 0.859. The Bertz CT molecular complexity index is 311. The molecular weight excluding hydrogens is 320 g/mol. The molecule has 0 aromatic carbocycles. The second-order valence-corrected chi connectivity index (χ2v) is 5.06. The van der Waals surface area contributed by atoms with Crippen molar-refractivity contribution in [3.05, 3.63) is 12.2 Å². The normalized spacial score (nSPS) is 10.9. The Labute approximate surface area is 142 Å². The minimum atomic E-state index is -0.814. The van der Waals surface area contributed by atoms with E-state index in [-0.39, 0.29) is 26.4 Å². The molecule has 0 spiro atoms. The molecule has 0 aliphatic carbocycles. The van der Waals surface area contributed by atoms with Crippen molar-refractivity contribution in [2.75, 3.05) is 26.4 Å². The first-order valence-corrected chi connectivity index (χ1v) is 8.27. The van der Waals surface area contributed by atoms with Crippen molar-refractivity contribution in [3.8, 4) is 0 Å². The van der Waals surface area contributed by atoms with Crippen LogP contribution in [-0.2, 0) is 29.1 Å². The molecule has 0 saturated heterocycles. The molecule has 0 aromatic heterocycles. The maximum atomic E-state index is 11.2. The van der Waals surface area contributed by atoms with Crippen LogP contribution in [0.4, 0.5) is 0 Å². The van der Waals surface area contributed by atoms with Gasteiger partial charge >= 0.3 is 11.9 Å². The molecule has 0 saturated carbocycles. The highest BCUT2D eigenvalue weighted by Crippen LogP contribution is 2.00. The molecule has 0 fully saturated rings. The summed E-state index contributed by atoms with van der Waals surface area (Å²) in [5.41, 5.74) is 0. The molecule has 140 valence electrons. The van der Waals surface area contributed by atoms with Gasteiger partial charge in [0, 0.05) is 25.4 Å². The van der Waals surface area contributed by atoms with E-state index in [0.717, 1.165) is 50.7 Å². The number of hydrogen-bond donors (Lipinski definition) is 2. The third-order valence-corrected chi connectivity index (χ3v) is 2.91. The van der Waals surface area contributed by atoms with Gasteiger partial charge in [0.1, 0.15) is 0 Å². The van der Waals surface area contributed by atoms with Crippen molar-refractivity contribution in [1.29, 1.82) is 0 Å². The quantitative estimate of drug-likeness (QED) is 0.187. The number of aliphatic hydroxyl groups is 2. The lowest BCUT2D eigenvalue weighted by atomic mass is 10.2. The second-order valence-electron chi connectivity index (χ2n) is 5.06. The van der Waals surface area contributed by atoms with Crippen LogP contribution >= 0.6 is 0 Å². The highest BCUT2D eigenvalue weighted by Gasteiger charge is 2.03. The lowest BCUT2D eigenvalue weighted by molar-refractivity contribution is -0.269. The molecule has 24 heavy (non-hydrogen) atoms. The standard InChI is InChI=1S/C16H28O8/c17-11-5-1-3-7-13-21-23-15(19)9-10-16(20)24-22-14-8-4-2-6-12-18/h9-10,17-18H,1-8,11-14H2/b10-9-. The summed E-state index contributed by atoms with van der Waals surface area (Å²) >= 11 is 0. The molecule has 0 atom stereocenters. The number of hydrogen-bond acceptors (Lipinski definition) is 8. The Morgan fingerprint density at radius 1 is 0.625 bits per heavy atom. The Balaban J connectivity index is 3.48. The van der Waals surface area contributed by atoms with E-state index in [1.54, 1.807) is 0 Å². The van der Waals surface area contributed by atoms with E-state index in [2.05, 4.69) is 19.6 Å². The van der Waals surface area contributed by atoms with Gasteiger partial charge in [0.25, 0.3) is 0 Å². The average molecular weight is 348 g/mol. The van der Waals surface area contributed by atoms with E-state index in [4.69, 9.17) is 10.2 Å². The van der Waals surface area contributed by atoms with Gasteiger partial charge < -0.3 is 10.2 Å². The first-order valence-electron chi connectivity index (χ1n) is 8.27. The van der Waals surface area contributed by atoms with Crippen molar-refractivity contribution in [3.63, 3.8) is 0 Å². The van der Waals surface area contributed by atoms with E-state index < -0.39 is 11.9 Å². The predicted molar refractivity (Wildman–Crippen MR) is 84.3 cm³/mol. The molecular formula is C16H28O8. The fourth-order valence-electron chi connectivity index (χ4n) is 1.64. The van der Waals surface area contributed by atoms with Gasteiger partial charge in [0.15, 0.2) is 0 Å². The Morgan fingerprint density at radius 2 is 1.00 bits per heavy atom. The van der Waals surface area contributed by atoms with Crippen LogP contribution < -0.4 is 0 Å². The highest BCUT2D eigenvalue weighted by atomic mass is 17.2. The molecule has 0 radical (unpaired) electrons. The van der Waals surface area contributed by atoms with Crippen molar-refractivity contribution >= 4 is 11.9 Å². The molecule has 0 unspecified atom stereocenters. The van der Waals surface area contributed by atoms with Crippen LogP contribution in [0.15, 0.2) is 12.2 Å². The van der Waals surface area contributed by atoms with Crippen LogP contribution in [0.1, 0.15) is 51.4 Å². The number of carbonyl (C=O) groups is 2. The van der Waals surface area contributed by atoms with Gasteiger partial charge in [-0.2, -0.15) is 9.78 Å². The van der Waals surface area contributed by atoms with Crippen molar-refractivity contribution < 1.29 is 39.4 Å². The number of unbranched alkanes of at least 4 members (excludes halogenated alkanes) is 6. The van der Waals surface area contributed by atoms with Gasteiger partial charge in [-0.15, -0.1) is 0 Å². The van der Waals surface area contributed by atoms with Crippen LogP contribution in [0.25, 0.3) is 0 Å². The smallest absolute Gasteiger partial charge is 0.366 e. The maximum absolute atomic E-state index is 11.2. The van der Waals surface area contributed by atoms with Gasteiger partial charge in [-0.25, -0.2) is 9.59 Å². The van der Waals surface area contributed by atoms with Gasteiger partial charge in [0.05, 0.1) is 13.2 Å². The zero-order chi connectivity index (χ0) is 17.9. The fraction of sp³-hybridized carbons (Fsp3) is 0.750. The van der Waals surface area contributed by atoms with Crippen molar-refractivity contribution in [2.45, 2.75) is 51.4 Å². The number of carbonyl (C=O) groups excluding carboxylic acids is 2. The summed E-state index contributed by atoms with van der Waals surface area (Å²) < 4.78 is 0.